The maximum atomic E-state index is 7.44. The molecule has 0 amide bonds. The van der Waals surface area contributed by atoms with Gasteiger partial charge in [-0.1, -0.05) is 70.5 Å². The van der Waals surface area contributed by atoms with Gasteiger partial charge in [-0.15, -0.1) is 11.3 Å². The molecule has 5 heteroatoms. The Balaban J connectivity index is 1.81. The zero-order valence-corrected chi connectivity index (χ0v) is 14.6. The van der Waals surface area contributed by atoms with Gasteiger partial charge in [0.05, 0.1) is 5.69 Å². The maximum Gasteiger partial charge on any atom is 0.140 e. The van der Waals surface area contributed by atoms with Crippen LogP contribution in [0.4, 0.5) is 0 Å². The Morgan fingerprint density at radius 2 is 1.83 bits per heavy atom. The van der Waals surface area contributed by atoms with E-state index in [2.05, 4.69) is 26.0 Å². The van der Waals surface area contributed by atoms with E-state index in [0.717, 1.165) is 26.3 Å². The van der Waals surface area contributed by atoms with Gasteiger partial charge in [0.1, 0.15) is 11.0 Å². The molecular formula is C18H14BrN3S. The normalized spacial score (nSPS) is 12.4. The Hall–Kier alpha value is -2.11. The van der Waals surface area contributed by atoms with Gasteiger partial charge < -0.3 is 0 Å². The van der Waals surface area contributed by atoms with Gasteiger partial charge in [-0.25, -0.2) is 10.5 Å². The molecule has 1 unspecified atom stereocenters. The number of rotatable bonds is 5. The first-order valence-electron chi connectivity index (χ1n) is 7.07. The van der Waals surface area contributed by atoms with Crippen molar-refractivity contribution in [1.82, 2.24) is 4.98 Å². The molecule has 3 rings (SSSR count). The van der Waals surface area contributed by atoms with Gasteiger partial charge in [0.25, 0.3) is 0 Å². The van der Waals surface area contributed by atoms with Crippen molar-refractivity contribution in [3.8, 4) is 11.3 Å². The van der Waals surface area contributed by atoms with E-state index in [0.29, 0.717) is 0 Å². The Bertz CT molecular complexity index is 810. The highest BCUT2D eigenvalue weighted by atomic mass is 79.9. The van der Waals surface area contributed by atoms with Gasteiger partial charge in [0.15, 0.2) is 0 Å². The number of benzene rings is 2. The average Bonchev–Trinajstić information content (AvgIpc) is 3.07. The van der Waals surface area contributed by atoms with Crippen molar-refractivity contribution in [3.63, 3.8) is 0 Å². The maximum absolute atomic E-state index is 7.44. The number of nitrogens with one attached hydrogen (secondary N) is 1. The summed E-state index contributed by atoms with van der Waals surface area (Å²) >= 11 is 4.96. The summed E-state index contributed by atoms with van der Waals surface area (Å²) in [5, 5.41) is 6.53. The number of thiazole rings is 1. The van der Waals surface area contributed by atoms with Crippen LogP contribution in [0.15, 0.2) is 75.6 Å². The van der Waals surface area contributed by atoms with E-state index in [-0.39, 0.29) is 6.04 Å². The van der Waals surface area contributed by atoms with Crippen molar-refractivity contribution in [2.24, 2.45) is 5.11 Å². The predicted molar refractivity (Wildman–Crippen MR) is 98.6 cm³/mol. The molecule has 2 aromatic carbocycles. The molecule has 23 heavy (non-hydrogen) atoms. The van der Waals surface area contributed by atoms with Crippen LogP contribution in [0.25, 0.3) is 17.3 Å². The van der Waals surface area contributed by atoms with Crippen LogP contribution in [-0.4, -0.2) is 4.98 Å². The molecule has 0 aliphatic carbocycles. The average molecular weight is 384 g/mol. The number of hydrogen-bond acceptors (Lipinski definition) is 4. The molecule has 0 aliphatic rings. The smallest absolute Gasteiger partial charge is 0.140 e. The standard InChI is InChI=1S/C18H14BrN3S/c19-15-9-7-14(8-10-15)17-12-23-18(21-17)16(22-20)11-6-13-4-2-1-3-5-13/h1-12,16,20H. The summed E-state index contributed by atoms with van der Waals surface area (Å²) in [6, 6.07) is 17.7. The quantitative estimate of drug-likeness (QED) is 0.512. The molecular weight excluding hydrogens is 370 g/mol. The van der Waals surface area contributed by atoms with E-state index >= 15 is 0 Å². The van der Waals surface area contributed by atoms with Crippen molar-refractivity contribution < 1.29 is 0 Å². The molecule has 0 saturated carbocycles. The third-order valence-corrected chi connectivity index (χ3v) is 4.77. The van der Waals surface area contributed by atoms with E-state index in [1.165, 1.54) is 11.3 Å². The second-order valence-corrected chi connectivity index (χ2v) is 6.73. The Labute approximate surface area is 147 Å². The molecule has 1 N–H and O–H groups in total. The SMILES string of the molecule is N=NC(C=Cc1ccccc1)c1nc(-c2ccc(Br)cc2)cs1. The number of aromatic nitrogens is 1. The van der Waals surface area contributed by atoms with Crippen LogP contribution in [0.5, 0.6) is 0 Å². The molecule has 0 radical (unpaired) electrons. The lowest BCUT2D eigenvalue weighted by Crippen LogP contribution is -1.89. The van der Waals surface area contributed by atoms with Crippen LogP contribution < -0.4 is 0 Å². The molecule has 0 spiro atoms. The Morgan fingerprint density at radius 1 is 1.09 bits per heavy atom. The van der Waals surface area contributed by atoms with Crippen LogP contribution in [0, 0.1) is 5.53 Å². The Kier molecular flexibility index (Phi) is 5.10. The third kappa shape index (κ3) is 4.00. The number of hydrogen-bond donors (Lipinski definition) is 1. The molecule has 0 saturated heterocycles. The second kappa shape index (κ2) is 7.44. The van der Waals surface area contributed by atoms with Gasteiger partial charge in [-0.2, -0.15) is 5.11 Å². The minimum Gasteiger partial charge on any atom is -0.238 e. The molecule has 0 aliphatic heterocycles. The minimum absolute atomic E-state index is 0.343. The van der Waals surface area contributed by atoms with Crippen LogP contribution in [0.3, 0.4) is 0 Å². The van der Waals surface area contributed by atoms with Gasteiger partial charge >= 0.3 is 0 Å². The highest BCUT2D eigenvalue weighted by Gasteiger charge is 2.12. The summed E-state index contributed by atoms with van der Waals surface area (Å²) in [7, 11) is 0. The van der Waals surface area contributed by atoms with E-state index in [4.69, 9.17) is 5.53 Å². The first-order chi connectivity index (χ1) is 11.3. The summed E-state index contributed by atoms with van der Waals surface area (Å²) in [5.74, 6) is 0. The summed E-state index contributed by atoms with van der Waals surface area (Å²) in [6.45, 7) is 0. The van der Waals surface area contributed by atoms with E-state index in [9.17, 15) is 0 Å². The van der Waals surface area contributed by atoms with E-state index in [1.54, 1.807) is 0 Å². The van der Waals surface area contributed by atoms with Crippen molar-refractivity contribution in [3.05, 3.63) is 81.1 Å². The highest BCUT2D eigenvalue weighted by Crippen LogP contribution is 2.29. The van der Waals surface area contributed by atoms with E-state index < -0.39 is 0 Å². The van der Waals surface area contributed by atoms with Gasteiger partial charge in [-0.05, 0) is 17.7 Å². The van der Waals surface area contributed by atoms with Crippen LogP contribution in [0.2, 0.25) is 0 Å². The number of halogens is 1. The topological polar surface area (TPSA) is 49.1 Å². The van der Waals surface area contributed by atoms with Crippen LogP contribution in [-0.2, 0) is 0 Å². The molecule has 0 bridgehead atoms. The summed E-state index contributed by atoms with van der Waals surface area (Å²) in [5.41, 5.74) is 10.5. The van der Waals surface area contributed by atoms with Crippen LogP contribution >= 0.6 is 27.3 Å². The molecule has 114 valence electrons. The van der Waals surface area contributed by atoms with Gasteiger partial charge in [0.2, 0.25) is 0 Å². The first kappa shape index (κ1) is 15.8. The van der Waals surface area contributed by atoms with Crippen molar-refractivity contribution in [1.29, 1.82) is 5.53 Å². The summed E-state index contributed by atoms with van der Waals surface area (Å²) in [6.07, 6.45) is 3.88. The molecule has 1 aromatic heterocycles. The predicted octanol–water partition coefficient (Wildman–Crippen LogP) is 6.36. The summed E-state index contributed by atoms with van der Waals surface area (Å²) < 4.78 is 1.04. The summed E-state index contributed by atoms with van der Waals surface area (Å²) in [4.78, 5) is 4.63. The minimum atomic E-state index is -0.343. The first-order valence-corrected chi connectivity index (χ1v) is 8.75. The molecule has 1 atom stereocenters. The fraction of sp³-hybridized carbons (Fsp3) is 0.0556. The molecule has 3 nitrogen and oxygen atoms in total. The lowest BCUT2D eigenvalue weighted by molar-refractivity contribution is 0.797. The zero-order chi connectivity index (χ0) is 16.1. The molecule has 1 heterocycles. The number of nitrogens with zero attached hydrogens (tertiary/aromatic N) is 2. The van der Waals surface area contributed by atoms with Gasteiger partial charge in [-0.3, -0.25) is 0 Å². The van der Waals surface area contributed by atoms with Crippen molar-refractivity contribution >= 4 is 33.3 Å². The fourth-order valence-electron chi connectivity index (χ4n) is 2.12. The Morgan fingerprint density at radius 3 is 2.52 bits per heavy atom. The lowest BCUT2D eigenvalue weighted by atomic mass is 10.1. The third-order valence-electron chi connectivity index (χ3n) is 3.32. The van der Waals surface area contributed by atoms with E-state index in [1.807, 2.05) is 72.1 Å². The zero-order valence-electron chi connectivity index (χ0n) is 12.2. The van der Waals surface area contributed by atoms with Gasteiger partial charge in [0, 0.05) is 15.4 Å². The van der Waals surface area contributed by atoms with Crippen molar-refractivity contribution in [2.45, 2.75) is 6.04 Å². The van der Waals surface area contributed by atoms with Crippen LogP contribution in [0.1, 0.15) is 16.6 Å². The lowest BCUT2D eigenvalue weighted by Gasteiger charge is -2.01. The highest BCUT2D eigenvalue weighted by molar-refractivity contribution is 9.10. The second-order valence-electron chi connectivity index (χ2n) is 4.92. The molecule has 3 aromatic rings. The van der Waals surface area contributed by atoms with Crippen molar-refractivity contribution in [2.75, 3.05) is 0 Å². The molecule has 0 fully saturated rings. The monoisotopic (exact) mass is 383 g/mol. The largest absolute Gasteiger partial charge is 0.238 e. The fourth-order valence-corrected chi connectivity index (χ4v) is 3.23.